The van der Waals surface area contributed by atoms with Gasteiger partial charge in [0, 0.05) is 18.6 Å². The van der Waals surface area contributed by atoms with Crippen LogP contribution in [0.15, 0.2) is 18.2 Å². The number of hydrogen-bond acceptors (Lipinski definition) is 4. The van der Waals surface area contributed by atoms with Crippen molar-refractivity contribution in [3.63, 3.8) is 0 Å². The van der Waals surface area contributed by atoms with Crippen LogP contribution >= 0.6 is 0 Å². The monoisotopic (exact) mass is 234 g/mol. The van der Waals surface area contributed by atoms with E-state index in [9.17, 15) is 0 Å². The van der Waals surface area contributed by atoms with Crippen molar-refractivity contribution in [1.29, 1.82) is 0 Å². The summed E-state index contributed by atoms with van der Waals surface area (Å²) in [6.45, 7) is 0.956. The second-order valence-electron chi connectivity index (χ2n) is 4.76. The number of rotatable bonds is 4. The summed E-state index contributed by atoms with van der Waals surface area (Å²) in [6.07, 6.45) is 2.58. The minimum atomic E-state index is 0.275. The highest BCUT2D eigenvalue weighted by molar-refractivity contribution is 5.45. The maximum Gasteiger partial charge on any atom is 0.231 e. The highest BCUT2D eigenvalue weighted by atomic mass is 16.7. The van der Waals surface area contributed by atoms with E-state index in [0.717, 1.165) is 11.5 Å². The highest BCUT2D eigenvalue weighted by Crippen LogP contribution is 2.37. The smallest absolute Gasteiger partial charge is 0.231 e. The molecule has 1 heterocycles. The molecule has 2 aliphatic rings. The van der Waals surface area contributed by atoms with Gasteiger partial charge in [0.1, 0.15) is 0 Å². The first kappa shape index (κ1) is 10.9. The van der Waals surface area contributed by atoms with E-state index in [2.05, 4.69) is 24.1 Å². The number of nitrogens with two attached hydrogens (primary N) is 1. The molecule has 1 unspecified atom stereocenters. The lowest BCUT2D eigenvalue weighted by Gasteiger charge is -2.27. The molecule has 1 aliphatic carbocycles. The van der Waals surface area contributed by atoms with Gasteiger partial charge in [-0.1, -0.05) is 6.07 Å². The third kappa shape index (κ3) is 1.98. The second-order valence-corrected chi connectivity index (χ2v) is 4.76. The molecule has 0 spiro atoms. The number of nitrogens with zero attached hydrogens (tertiary/aromatic N) is 1. The predicted octanol–water partition coefficient (Wildman–Crippen LogP) is 1.51. The van der Waals surface area contributed by atoms with Crippen LogP contribution < -0.4 is 15.2 Å². The Labute approximate surface area is 101 Å². The van der Waals surface area contributed by atoms with Crippen LogP contribution in [0.5, 0.6) is 11.5 Å². The summed E-state index contributed by atoms with van der Waals surface area (Å²) in [5.41, 5.74) is 7.12. The van der Waals surface area contributed by atoms with Crippen molar-refractivity contribution in [1.82, 2.24) is 4.90 Å². The molecular formula is C13H18N2O2. The normalized spacial score (nSPS) is 19.7. The molecule has 1 saturated carbocycles. The van der Waals surface area contributed by atoms with Gasteiger partial charge in [-0.05, 0) is 37.6 Å². The Kier molecular flexibility index (Phi) is 2.68. The van der Waals surface area contributed by atoms with E-state index in [4.69, 9.17) is 15.2 Å². The van der Waals surface area contributed by atoms with Gasteiger partial charge >= 0.3 is 0 Å². The van der Waals surface area contributed by atoms with Gasteiger partial charge < -0.3 is 15.2 Å². The fourth-order valence-corrected chi connectivity index (χ4v) is 2.39. The summed E-state index contributed by atoms with van der Waals surface area (Å²) < 4.78 is 10.7. The lowest BCUT2D eigenvalue weighted by molar-refractivity contribution is 0.173. The van der Waals surface area contributed by atoms with Gasteiger partial charge in [0.15, 0.2) is 11.5 Å². The van der Waals surface area contributed by atoms with E-state index in [-0.39, 0.29) is 6.04 Å². The van der Waals surface area contributed by atoms with E-state index in [1.807, 2.05) is 6.07 Å². The van der Waals surface area contributed by atoms with Gasteiger partial charge in [-0.25, -0.2) is 0 Å². The SMILES string of the molecule is CN(C1CC1)C(CN)c1ccc2c(c1)OCO2. The summed E-state index contributed by atoms with van der Waals surface area (Å²) >= 11 is 0. The third-order valence-corrected chi connectivity index (χ3v) is 3.62. The van der Waals surface area contributed by atoms with Gasteiger partial charge in [0.05, 0.1) is 0 Å². The lowest BCUT2D eigenvalue weighted by Crippen LogP contribution is -2.32. The van der Waals surface area contributed by atoms with E-state index >= 15 is 0 Å². The van der Waals surface area contributed by atoms with Crippen molar-refractivity contribution >= 4 is 0 Å². The van der Waals surface area contributed by atoms with Crippen molar-refractivity contribution in [3.8, 4) is 11.5 Å². The summed E-state index contributed by atoms with van der Waals surface area (Å²) in [5.74, 6) is 1.67. The average Bonchev–Trinajstić information content (AvgIpc) is 3.09. The van der Waals surface area contributed by atoms with Crippen molar-refractivity contribution in [2.24, 2.45) is 5.73 Å². The number of fused-ring (bicyclic) bond motifs is 1. The van der Waals surface area contributed by atoms with Crippen molar-refractivity contribution in [2.75, 3.05) is 20.4 Å². The predicted molar refractivity (Wildman–Crippen MR) is 65.1 cm³/mol. The van der Waals surface area contributed by atoms with Crippen molar-refractivity contribution in [2.45, 2.75) is 24.9 Å². The van der Waals surface area contributed by atoms with E-state index in [1.165, 1.54) is 18.4 Å². The van der Waals surface area contributed by atoms with Crippen molar-refractivity contribution < 1.29 is 9.47 Å². The minimum Gasteiger partial charge on any atom is -0.454 e. The molecule has 4 heteroatoms. The molecule has 1 aliphatic heterocycles. The zero-order chi connectivity index (χ0) is 11.8. The Morgan fingerprint density at radius 1 is 1.35 bits per heavy atom. The molecule has 1 atom stereocenters. The van der Waals surface area contributed by atoms with Crippen LogP contribution in [0, 0.1) is 0 Å². The Hall–Kier alpha value is -1.26. The van der Waals surface area contributed by atoms with Gasteiger partial charge in [0.2, 0.25) is 6.79 Å². The van der Waals surface area contributed by atoms with E-state index < -0.39 is 0 Å². The molecule has 2 N–H and O–H groups in total. The Balaban J connectivity index is 1.85. The largest absolute Gasteiger partial charge is 0.454 e. The summed E-state index contributed by atoms with van der Waals surface area (Å²) in [7, 11) is 2.15. The number of benzene rings is 1. The maximum atomic E-state index is 5.90. The van der Waals surface area contributed by atoms with Gasteiger partial charge in [-0.3, -0.25) is 4.90 Å². The van der Waals surface area contributed by atoms with Gasteiger partial charge in [-0.2, -0.15) is 0 Å². The zero-order valence-electron chi connectivity index (χ0n) is 10.1. The number of hydrogen-bond donors (Lipinski definition) is 1. The summed E-state index contributed by atoms with van der Waals surface area (Å²) in [6, 6.07) is 7.09. The van der Waals surface area contributed by atoms with Crippen LogP contribution in [-0.2, 0) is 0 Å². The van der Waals surface area contributed by atoms with Crippen LogP contribution in [0.4, 0.5) is 0 Å². The molecule has 17 heavy (non-hydrogen) atoms. The van der Waals surface area contributed by atoms with Crippen LogP contribution in [0.2, 0.25) is 0 Å². The second kappa shape index (κ2) is 4.20. The molecule has 4 nitrogen and oxygen atoms in total. The summed E-state index contributed by atoms with van der Waals surface area (Å²) in [5, 5.41) is 0. The molecule has 0 bridgehead atoms. The number of likely N-dealkylation sites (N-methyl/N-ethyl adjacent to an activating group) is 1. The molecule has 1 fully saturated rings. The molecule has 0 radical (unpaired) electrons. The van der Waals surface area contributed by atoms with Gasteiger partial charge in [-0.15, -0.1) is 0 Å². The first-order chi connectivity index (χ1) is 8.29. The zero-order valence-corrected chi connectivity index (χ0v) is 10.1. The van der Waals surface area contributed by atoms with Gasteiger partial charge in [0.25, 0.3) is 0 Å². The summed E-state index contributed by atoms with van der Waals surface area (Å²) in [4.78, 5) is 2.37. The molecule has 92 valence electrons. The third-order valence-electron chi connectivity index (χ3n) is 3.62. The molecule has 0 amide bonds. The topological polar surface area (TPSA) is 47.7 Å². The molecular weight excluding hydrogens is 216 g/mol. The Bertz CT molecular complexity index is 418. The Morgan fingerprint density at radius 2 is 2.12 bits per heavy atom. The molecule has 0 aromatic heterocycles. The van der Waals surface area contributed by atoms with Crippen LogP contribution in [0.3, 0.4) is 0 Å². The number of ether oxygens (including phenoxy) is 2. The Morgan fingerprint density at radius 3 is 2.82 bits per heavy atom. The van der Waals surface area contributed by atoms with Crippen LogP contribution in [-0.4, -0.2) is 31.3 Å². The van der Waals surface area contributed by atoms with Crippen molar-refractivity contribution in [3.05, 3.63) is 23.8 Å². The van der Waals surface area contributed by atoms with E-state index in [0.29, 0.717) is 19.4 Å². The van der Waals surface area contributed by atoms with Crippen LogP contribution in [0.1, 0.15) is 24.4 Å². The first-order valence-electron chi connectivity index (χ1n) is 6.11. The first-order valence-corrected chi connectivity index (χ1v) is 6.11. The molecule has 1 aromatic carbocycles. The lowest BCUT2D eigenvalue weighted by atomic mass is 10.0. The standard InChI is InChI=1S/C13H18N2O2/c1-15(10-3-4-10)11(7-14)9-2-5-12-13(6-9)17-8-16-12/h2,5-6,10-11H,3-4,7-8,14H2,1H3. The fraction of sp³-hybridized carbons (Fsp3) is 0.538. The molecule has 1 aromatic rings. The maximum absolute atomic E-state index is 5.90. The average molecular weight is 234 g/mol. The quantitative estimate of drug-likeness (QED) is 0.858. The van der Waals surface area contributed by atoms with Crippen LogP contribution in [0.25, 0.3) is 0 Å². The molecule has 0 saturated heterocycles. The molecule has 3 rings (SSSR count). The minimum absolute atomic E-state index is 0.275. The van der Waals surface area contributed by atoms with E-state index in [1.54, 1.807) is 0 Å². The fourth-order valence-electron chi connectivity index (χ4n) is 2.39. The highest BCUT2D eigenvalue weighted by Gasteiger charge is 2.31.